The molecule has 0 saturated heterocycles. The summed E-state index contributed by atoms with van der Waals surface area (Å²) in [6.45, 7) is 9.24. The van der Waals surface area contributed by atoms with Gasteiger partial charge in [0.15, 0.2) is 0 Å². The van der Waals surface area contributed by atoms with Gasteiger partial charge in [-0.2, -0.15) is 0 Å². The first-order valence-electron chi connectivity index (χ1n) is 21.8. The van der Waals surface area contributed by atoms with Crippen molar-refractivity contribution < 1.29 is 0 Å². The lowest BCUT2D eigenvalue weighted by Crippen LogP contribution is -2.26. The van der Waals surface area contributed by atoms with Gasteiger partial charge in [0.1, 0.15) is 0 Å². The summed E-state index contributed by atoms with van der Waals surface area (Å²) in [5, 5.41) is 2.72. The largest absolute Gasteiger partial charge is 0.310 e. The summed E-state index contributed by atoms with van der Waals surface area (Å²) >= 11 is 1.90. The molecule has 0 fully saturated rings. The highest BCUT2D eigenvalue weighted by Crippen LogP contribution is 2.65. The minimum atomic E-state index is -0.483. The van der Waals surface area contributed by atoms with E-state index in [4.69, 9.17) is 0 Å². The lowest BCUT2D eigenvalue weighted by Gasteiger charge is -2.33. The monoisotopic (exact) mass is 809 g/mol. The molecule has 62 heavy (non-hydrogen) atoms. The van der Waals surface area contributed by atoms with E-state index in [0.29, 0.717) is 0 Å². The second kappa shape index (κ2) is 12.8. The van der Waals surface area contributed by atoms with Crippen LogP contribution in [0.1, 0.15) is 58.4 Å². The molecule has 0 saturated carbocycles. The van der Waals surface area contributed by atoms with E-state index in [9.17, 15) is 0 Å². The zero-order chi connectivity index (χ0) is 41.5. The average molecular weight is 810 g/mol. The maximum Gasteiger partial charge on any atom is 0.0726 e. The number of rotatable bonds is 4. The normalized spacial score (nSPS) is 15.9. The zero-order valence-electron chi connectivity index (χ0n) is 35.3. The molecule has 0 N–H and O–H groups in total. The van der Waals surface area contributed by atoms with Crippen LogP contribution in [-0.2, 0) is 10.8 Å². The zero-order valence-corrected chi connectivity index (χ0v) is 36.1. The number of benzene rings is 9. The lowest BCUT2D eigenvalue weighted by atomic mass is 9.70. The van der Waals surface area contributed by atoms with Crippen LogP contribution < -0.4 is 4.90 Å². The Labute approximate surface area is 367 Å². The van der Waals surface area contributed by atoms with Crippen molar-refractivity contribution in [1.29, 1.82) is 0 Å². The Morgan fingerprint density at radius 2 is 0.887 bits per heavy atom. The molecule has 13 rings (SSSR count). The second-order valence-electron chi connectivity index (χ2n) is 18.1. The molecule has 0 bridgehead atoms. The first-order chi connectivity index (χ1) is 30.3. The van der Waals surface area contributed by atoms with Crippen LogP contribution in [0.4, 0.5) is 17.1 Å². The van der Waals surface area contributed by atoms with E-state index in [-0.39, 0.29) is 5.41 Å². The highest BCUT2D eigenvalue weighted by molar-refractivity contribution is 7.26. The smallest absolute Gasteiger partial charge is 0.0726 e. The fourth-order valence-electron chi connectivity index (χ4n) is 11.8. The highest BCUT2D eigenvalue weighted by atomic mass is 32.1. The van der Waals surface area contributed by atoms with Crippen molar-refractivity contribution >= 4 is 48.6 Å². The van der Waals surface area contributed by atoms with E-state index in [1.807, 2.05) is 11.3 Å². The number of nitrogens with zero attached hydrogens (tertiary/aromatic N) is 1. The van der Waals surface area contributed by atoms with Gasteiger partial charge in [0.25, 0.3) is 0 Å². The topological polar surface area (TPSA) is 3.24 Å². The molecule has 294 valence electrons. The number of anilines is 3. The summed E-state index contributed by atoms with van der Waals surface area (Å²) in [5.41, 5.74) is 24.1. The maximum absolute atomic E-state index is 2.54. The predicted octanol–water partition coefficient (Wildman–Crippen LogP) is 16.5. The number of hydrogen-bond acceptors (Lipinski definition) is 2. The second-order valence-corrected chi connectivity index (χ2v) is 19.2. The number of hydrogen-bond donors (Lipinski definition) is 0. The number of fused-ring (bicyclic) bond motifs is 17. The van der Waals surface area contributed by atoms with Gasteiger partial charge in [-0.05, 0) is 151 Å². The quantitative estimate of drug-likeness (QED) is 0.171. The van der Waals surface area contributed by atoms with Crippen molar-refractivity contribution in [2.45, 2.75) is 38.5 Å². The van der Waals surface area contributed by atoms with Crippen molar-refractivity contribution in [3.05, 3.63) is 233 Å². The summed E-state index contributed by atoms with van der Waals surface area (Å²) in [6.07, 6.45) is 0. The van der Waals surface area contributed by atoms with Crippen molar-refractivity contribution in [2.24, 2.45) is 0 Å². The van der Waals surface area contributed by atoms with Gasteiger partial charge in [0.2, 0.25) is 0 Å². The van der Waals surface area contributed by atoms with Gasteiger partial charge >= 0.3 is 0 Å². The molecule has 1 atom stereocenters. The molecule has 1 aromatic heterocycles. The van der Waals surface area contributed by atoms with E-state index < -0.39 is 5.41 Å². The van der Waals surface area contributed by atoms with Gasteiger partial charge < -0.3 is 4.90 Å². The molecule has 0 aliphatic heterocycles. The molecular weight excluding hydrogens is 767 g/mol. The van der Waals surface area contributed by atoms with Crippen LogP contribution in [0.5, 0.6) is 0 Å². The van der Waals surface area contributed by atoms with Gasteiger partial charge in [-0.3, -0.25) is 0 Å². The molecular formula is C60H43NS. The van der Waals surface area contributed by atoms with Crippen LogP contribution in [0, 0.1) is 13.8 Å². The number of thiophene rings is 1. The van der Waals surface area contributed by atoms with Gasteiger partial charge in [-0.25, -0.2) is 0 Å². The minimum absolute atomic E-state index is 0.129. The molecule has 3 aliphatic rings. The molecule has 10 aromatic rings. The number of aryl methyl sites for hydroxylation is 2. The summed E-state index contributed by atoms with van der Waals surface area (Å²) < 4.78 is 2.68. The summed E-state index contributed by atoms with van der Waals surface area (Å²) in [4.78, 5) is 2.52. The van der Waals surface area contributed by atoms with E-state index in [1.54, 1.807) is 0 Å². The van der Waals surface area contributed by atoms with Crippen LogP contribution >= 0.6 is 11.3 Å². The van der Waals surface area contributed by atoms with Crippen LogP contribution in [0.15, 0.2) is 188 Å². The standard InChI is InChI=1S/C60H43NS/c1-36-15-5-6-16-41(36)42-28-25-38(33-37(42)2)61(39-26-29-45-43-17-7-11-21-49(43)59(3,4)53(45)34-39)40-27-30-46-44-18-8-12-22-50(44)60(54(46)35-40)51-23-13-9-19-47(51)57-52(60)31-32-56-58(57)48-20-10-14-24-55(48)62-56/h5-35H,1-4H3. The van der Waals surface area contributed by atoms with Crippen LogP contribution in [0.3, 0.4) is 0 Å². The maximum atomic E-state index is 2.54. The van der Waals surface area contributed by atoms with Crippen molar-refractivity contribution in [3.8, 4) is 44.5 Å². The molecule has 2 heteroatoms. The summed E-state index contributed by atoms with van der Waals surface area (Å²) in [7, 11) is 0. The Balaban J connectivity index is 1.08. The van der Waals surface area contributed by atoms with Crippen LogP contribution in [0.25, 0.3) is 64.7 Å². The predicted molar refractivity (Wildman–Crippen MR) is 263 cm³/mol. The fraction of sp³-hybridized carbons (Fsp3) is 0.100. The average Bonchev–Trinajstić information content (AvgIpc) is 3.99. The molecule has 9 aromatic carbocycles. The summed E-state index contributed by atoms with van der Waals surface area (Å²) in [6, 6.07) is 71.5. The Bertz CT molecular complexity index is 3550. The van der Waals surface area contributed by atoms with Crippen LogP contribution in [0.2, 0.25) is 0 Å². The Hall–Kier alpha value is -7.00. The van der Waals surface area contributed by atoms with Gasteiger partial charge in [0.05, 0.1) is 5.41 Å². The van der Waals surface area contributed by atoms with E-state index >= 15 is 0 Å². The molecule has 0 radical (unpaired) electrons. The highest BCUT2D eigenvalue weighted by Gasteiger charge is 2.52. The third-order valence-electron chi connectivity index (χ3n) is 14.6. The molecule has 1 nitrogen and oxygen atoms in total. The third kappa shape index (κ3) is 4.63. The van der Waals surface area contributed by atoms with Gasteiger partial charge in [0, 0.05) is 42.6 Å². The molecule has 1 spiro atoms. The molecule has 3 aliphatic carbocycles. The SMILES string of the molecule is Cc1ccccc1-c1ccc(N(c2ccc3c(c2)C(C)(C)c2ccccc2-3)c2ccc3c(c2)C2(c4ccccc4-3)c3ccccc3-c3c2ccc2sc4ccccc4c32)cc1C. The Morgan fingerprint density at radius 1 is 0.371 bits per heavy atom. The minimum Gasteiger partial charge on any atom is -0.310 e. The Kier molecular flexibility index (Phi) is 7.36. The van der Waals surface area contributed by atoms with E-state index in [0.717, 1.165) is 17.1 Å². The Morgan fingerprint density at radius 3 is 1.61 bits per heavy atom. The van der Waals surface area contributed by atoms with Crippen LogP contribution in [-0.4, -0.2) is 0 Å². The van der Waals surface area contributed by atoms with Crippen molar-refractivity contribution in [1.82, 2.24) is 0 Å². The third-order valence-corrected chi connectivity index (χ3v) is 15.7. The first kappa shape index (κ1) is 35.7. The summed E-state index contributed by atoms with van der Waals surface area (Å²) in [5.74, 6) is 0. The van der Waals surface area contributed by atoms with Gasteiger partial charge in [-0.15, -0.1) is 11.3 Å². The van der Waals surface area contributed by atoms with Gasteiger partial charge in [-0.1, -0.05) is 153 Å². The molecule has 1 heterocycles. The van der Waals surface area contributed by atoms with Crippen molar-refractivity contribution in [2.75, 3.05) is 4.90 Å². The lowest BCUT2D eigenvalue weighted by molar-refractivity contribution is 0.660. The molecule has 0 amide bonds. The van der Waals surface area contributed by atoms with E-state index in [1.165, 1.54) is 109 Å². The first-order valence-corrected chi connectivity index (χ1v) is 22.7. The van der Waals surface area contributed by atoms with E-state index in [2.05, 4.69) is 221 Å². The van der Waals surface area contributed by atoms with Crippen molar-refractivity contribution in [3.63, 3.8) is 0 Å². The fourth-order valence-corrected chi connectivity index (χ4v) is 12.9. The molecule has 1 unspecified atom stereocenters.